The van der Waals surface area contributed by atoms with E-state index < -0.39 is 0 Å². The molecule has 2 heteroatoms. The van der Waals surface area contributed by atoms with Crippen LogP contribution in [0, 0.1) is 0 Å². The van der Waals surface area contributed by atoms with Crippen molar-refractivity contribution in [1.82, 2.24) is 4.57 Å². The van der Waals surface area contributed by atoms with Gasteiger partial charge in [-0.1, -0.05) is 72.8 Å². The molecule has 0 bridgehead atoms. The van der Waals surface area contributed by atoms with E-state index in [0.29, 0.717) is 6.54 Å². The van der Waals surface area contributed by atoms with Gasteiger partial charge >= 0.3 is 0 Å². The Kier molecular flexibility index (Phi) is 4.17. The Hall–Kier alpha value is -3.13. The minimum atomic E-state index is 0.671. The van der Waals surface area contributed by atoms with Gasteiger partial charge < -0.3 is 4.57 Å². The predicted octanol–water partition coefficient (Wildman–Crippen LogP) is 5.46. The Morgan fingerprint density at radius 1 is 0.880 bits per heavy atom. The third-order valence-corrected chi connectivity index (χ3v) is 4.54. The van der Waals surface area contributed by atoms with Gasteiger partial charge in [0.15, 0.2) is 0 Å². The summed E-state index contributed by atoms with van der Waals surface area (Å²) in [5, 5.41) is 3.79. The number of aromatic nitrogens is 1. The Morgan fingerprint density at radius 2 is 1.64 bits per heavy atom. The molecule has 0 saturated carbocycles. The lowest BCUT2D eigenvalue weighted by Gasteiger charge is -2.01. The topological polar surface area (TPSA) is 17.3 Å². The Labute approximate surface area is 147 Å². The molecule has 3 aromatic carbocycles. The van der Waals surface area contributed by atoms with Crippen molar-refractivity contribution in [2.75, 3.05) is 6.54 Å². The van der Waals surface area contributed by atoms with Crippen LogP contribution in [-0.4, -0.2) is 17.3 Å². The van der Waals surface area contributed by atoms with Crippen molar-refractivity contribution in [3.63, 3.8) is 0 Å². The molecule has 0 N–H and O–H groups in total. The number of nitrogens with zero attached hydrogens (tertiary/aromatic N) is 2. The molecule has 0 fully saturated rings. The molecule has 0 aliphatic carbocycles. The summed E-state index contributed by atoms with van der Waals surface area (Å²) in [5.74, 6) is 0. The first-order valence-electron chi connectivity index (χ1n) is 8.51. The van der Waals surface area contributed by atoms with Crippen molar-refractivity contribution in [1.29, 1.82) is 0 Å². The SMILES string of the molecule is Cn1c(C=NC/C=C/c2cccc3ccccc23)cc2ccccc21. The van der Waals surface area contributed by atoms with E-state index in [1.54, 1.807) is 0 Å². The molecule has 0 spiro atoms. The number of rotatable bonds is 4. The summed E-state index contributed by atoms with van der Waals surface area (Å²) in [6.45, 7) is 0.671. The van der Waals surface area contributed by atoms with Gasteiger partial charge in [-0.2, -0.15) is 0 Å². The first kappa shape index (κ1) is 15.4. The minimum Gasteiger partial charge on any atom is -0.343 e. The lowest BCUT2D eigenvalue weighted by Crippen LogP contribution is -1.94. The highest BCUT2D eigenvalue weighted by Crippen LogP contribution is 2.19. The van der Waals surface area contributed by atoms with E-state index in [0.717, 1.165) is 5.69 Å². The third-order valence-electron chi connectivity index (χ3n) is 4.54. The van der Waals surface area contributed by atoms with Crippen LogP contribution in [0.3, 0.4) is 0 Å². The second kappa shape index (κ2) is 6.78. The van der Waals surface area contributed by atoms with Crippen molar-refractivity contribution < 1.29 is 0 Å². The average Bonchev–Trinajstić information content (AvgIpc) is 2.98. The normalized spacial score (nSPS) is 12.0. The van der Waals surface area contributed by atoms with Crippen molar-refractivity contribution in [2.45, 2.75) is 0 Å². The van der Waals surface area contributed by atoms with Gasteiger partial charge in [0.05, 0.1) is 12.2 Å². The number of aryl methyl sites for hydroxylation is 1. The van der Waals surface area contributed by atoms with Gasteiger partial charge in [0.1, 0.15) is 0 Å². The average molecular weight is 324 g/mol. The molecule has 0 atom stereocenters. The first-order valence-corrected chi connectivity index (χ1v) is 8.51. The monoisotopic (exact) mass is 324 g/mol. The van der Waals surface area contributed by atoms with E-state index in [2.05, 4.69) is 102 Å². The van der Waals surface area contributed by atoms with Crippen LogP contribution in [-0.2, 0) is 7.05 Å². The van der Waals surface area contributed by atoms with Gasteiger partial charge in [-0.05, 0) is 28.5 Å². The molecule has 0 aliphatic heterocycles. The van der Waals surface area contributed by atoms with Crippen molar-refractivity contribution in [2.24, 2.45) is 12.0 Å². The zero-order valence-electron chi connectivity index (χ0n) is 14.3. The van der Waals surface area contributed by atoms with Gasteiger partial charge in [-0.25, -0.2) is 0 Å². The van der Waals surface area contributed by atoms with Gasteiger partial charge in [0, 0.05) is 24.2 Å². The molecular formula is C23H20N2. The van der Waals surface area contributed by atoms with Crippen LogP contribution in [0.25, 0.3) is 27.8 Å². The summed E-state index contributed by atoms with van der Waals surface area (Å²) in [4.78, 5) is 4.56. The van der Waals surface area contributed by atoms with E-state index in [9.17, 15) is 0 Å². The van der Waals surface area contributed by atoms with Crippen molar-refractivity contribution in [3.05, 3.63) is 90.1 Å². The second-order valence-electron chi connectivity index (χ2n) is 6.15. The Bertz CT molecular complexity index is 1080. The van der Waals surface area contributed by atoms with Crippen LogP contribution in [0.5, 0.6) is 0 Å². The van der Waals surface area contributed by atoms with Crippen LogP contribution < -0.4 is 0 Å². The maximum absolute atomic E-state index is 4.56. The molecule has 2 nitrogen and oxygen atoms in total. The molecule has 4 aromatic rings. The summed E-state index contributed by atoms with van der Waals surface area (Å²) in [6.07, 6.45) is 6.22. The van der Waals surface area contributed by atoms with Crippen LogP contribution >= 0.6 is 0 Å². The van der Waals surface area contributed by atoms with Crippen LogP contribution in [0.1, 0.15) is 11.3 Å². The molecule has 25 heavy (non-hydrogen) atoms. The summed E-state index contributed by atoms with van der Waals surface area (Å²) in [6, 6.07) is 25.4. The minimum absolute atomic E-state index is 0.671. The summed E-state index contributed by atoms with van der Waals surface area (Å²) in [5.41, 5.74) is 3.59. The fourth-order valence-corrected chi connectivity index (χ4v) is 3.22. The van der Waals surface area contributed by atoms with Gasteiger partial charge in [0.2, 0.25) is 0 Å². The fraction of sp³-hybridized carbons (Fsp3) is 0.0870. The van der Waals surface area contributed by atoms with Gasteiger partial charge in [-0.15, -0.1) is 0 Å². The highest BCUT2D eigenvalue weighted by atomic mass is 15.0. The summed E-state index contributed by atoms with van der Waals surface area (Å²) >= 11 is 0. The molecule has 0 saturated heterocycles. The standard InChI is InChI=1S/C23H20N2/c1-25-21(16-20-9-3-5-14-23(20)25)17-24-15-7-12-19-11-6-10-18-8-2-4-13-22(18)19/h2-14,16-17H,15H2,1H3/b12-7+,24-17?. The Morgan fingerprint density at radius 3 is 2.52 bits per heavy atom. The molecule has 0 unspecified atom stereocenters. The van der Waals surface area contributed by atoms with E-state index in [1.165, 1.54) is 27.2 Å². The number of benzene rings is 3. The maximum Gasteiger partial charge on any atom is 0.0596 e. The van der Waals surface area contributed by atoms with Crippen molar-refractivity contribution >= 4 is 34.0 Å². The first-order chi connectivity index (χ1) is 12.3. The lowest BCUT2D eigenvalue weighted by molar-refractivity contribution is 0.957. The van der Waals surface area contributed by atoms with E-state index in [-0.39, 0.29) is 0 Å². The van der Waals surface area contributed by atoms with Crippen LogP contribution in [0.4, 0.5) is 0 Å². The quantitative estimate of drug-likeness (QED) is 0.443. The van der Waals surface area contributed by atoms with Crippen molar-refractivity contribution in [3.8, 4) is 0 Å². The van der Waals surface area contributed by atoms with Gasteiger partial charge in [0.25, 0.3) is 0 Å². The number of aliphatic imine (C=N–C) groups is 1. The molecule has 122 valence electrons. The second-order valence-corrected chi connectivity index (χ2v) is 6.15. The van der Waals surface area contributed by atoms with Gasteiger partial charge in [-0.3, -0.25) is 4.99 Å². The third kappa shape index (κ3) is 3.11. The maximum atomic E-state index is 4.56. The molecular weight excluding hydrogens is 304 g/mol. The van der Waals surface area contributed by atoms with E-state index >= 15 is 0 Å². The smallest absolute Gasteiger partial charge is 0.0596 e. The molecule has 1 heterocycles. The number of hydrogen-bond acceptors (Lipinski definition) is 1. The molecule has 1 aromatic heterocycles. The number of para-hydroxylation sites is 1. The largest absolute Gasteiger partial charge is 0.343 e. The summed E-state index contributed by atoms with van der Waals surface area (Å²) in [7, 11) is 2.08. The lowest BCUT2D eigenvalue weighted by atomic mass is 10.0. The van der Waals surface area contributed by atoms with Crippen LogP contribution in [0.2, 0.25) is 0 Å². The molecule has 0 aliphatic rings. The summed E-state index contributed by atoms with van der Waals surface area (Å²) < 4.78 is 2.17. The number of fused-ring (bicyclic) bond motifs is 2. The molecule has 4 rings (SSSR count). The molecule has 0 amide bonds. The highest BCUT2D eigenvalue weighted by molar-refractivity contribution is 5.91. The zero-order valence-corrected chi connectivity index (χ0v) is 14.3. The molecule has 0 radical (unpaired) electrons. The zero-order chi connectivity index (χ0) is 17.1. The number of hydrogen-bond donors (Lipinski definition) is 0. The fourth-order valence-electron chi connectivity index (χ4n) is 3.22. The van der Waals surface area contributed by atoms with Crippen LogP contribution in [0.15, 0.2) is 83.9 Å². The highest BCUT2D eigenvalue weighted by Gasteiger charge is 2.01. The van der Waals surface area contributed by atoms with E-state index in [4.69, 9.17) is 0 Å². The van der Waals surface area contributed by atoms with E-state index in [1.807, 2.05) is 6.21 Å². The predicted molar refractivity (Wildman–Crippen MR) is 108 cm³/mol. The Balaban J connectivity index is 1.50.